The summed E-state index contributed by atoms with van der Waals surface area (Å²) in [6.07, 6.45) is 2.74. The van der Waals surface area contributed by atoms with E-state index in [1.165, 1.54) is 16.1 Å². The molecule has 1 saturated heterocycles. The fourth-order valence-electron chi connectivity index (χ4n) is 2.95. The first kappa shape index (κ1) is 21.3. The van der Waals surface area contributed by atoms with Crippen molar-refractivity contribution in [2.24, 2.45) is 0 Å². The molecule has 2 rings (SSSR count). The molecule has 0 spiro atoms. The van der Waals surface area contributed by atoms with E-state index in [-0.39, 0.29) is 23.9 Å². The minimum atomic E-state index is -3.59. The number of carboxylic acid groups (broad SMARTS) is 1. The number of carbonyl (C=O) groups is 2. The smallest absolute Gasteiger partial charge is 0.320 e. The SMILES string of the molecule is CC(C(=O)O)N(C)CC(=O)NCc1ccccc1S(=O)(=O)N1CCCCC1. The van der Waals surface area contributed by atoms with Crippen LogP contribution in [0.5, 0.6) is 0 Å². The molecule has 1 aliphatic heterocycles. The van der Waals surface area contributed by atoms with Gasteiger partial charge in [0.05, 0.1) is 11.4 Å². The molecular weight excluding hydrogens is 370 g/mol. The third kappa shape index (κ3) is 5.50. The summed E-state index contributed by atoms with van der Waals surface area (Å²) in [5.41, 5.74) is 0.519. The van der Waals surface area contributed by atoms with Crippen LogP contribution in [0.2, 0.25) is 0 Å². The van der Waals surface area contributed by atoms with Gasteiger partial charge in [-0.25, -0.2) is 8.42 Å². The summed E-state index contributed by atoms with van der Waals surface area (Å²) >= 11 is 0. The highest BCUT2D eigenvalue weighted by Crippen LogP contribution is 2.23. The number of likely N-dealkylation sites (N-methyl/N-ethyl adjacent to an activating group) is 1. The summed E-state index contributed by atoms with van der Waals surface area (Å²) in [7, 11) is -2.05. The minimum absolute atomic E-state index is 0.0668. The van der Waals surface area contributed by atoms with Crippen molar-refractivity contribution in [2.45, 2.75) is 43.7 Å². The van der Waals surface area contributed by atoms with Crippen LogP contribution in [0.1, 0.15) is 31.7 Å². The number of sulfonamides is 1. The summed E-state index contributed by atoms with van der Waals surface area (Å²) < 4.78 is 27.4. The van der Waals surface area contributed by atoms with Gasteiger partial charge < -0.3 is 10.4 Å². The molecule has 0 bridgehead atoms. The monoisotopic (exact) mass is 397 g/mol. The van der Waals surface area contributed by atoms with Crippen LogP contribution in [0.25, 0.3) is 0 Å². The lowest BCUT2D eigenvalue weighted by Crippen LogP contribution is -2.42. The minimum Gasteiger partial charge on any atom is -0.480 e. The maximum atomic E-state index is 12.9. The van der Waals surface area contributed by atoms with Crippen LogP contribution in [0, 0.1) is 0 Å². The summed E-state index contributed by atoms with van der Waals surface area (Å²) in [6, 6.07) is 5.85. The number of nitrogens with zero attached hydrogens (tertiary/aromatic N) is 2. The van der Waals surface area contributed by atoms with Crippen LogP contribution in [0.4, 0.5) is 0 Å². The Morgan fingerprint density at radius 3 is 2.48 bits per heavy atom. The molecule has 1 atom stereocenters. The van der Waals surface area contributed by atoms with E-state index in [2.05, 4.69) is 5.32 Å². The Kier molecular flexibility index (Phi) is 7.34. The van der Waals surface area contributed by atoms with E-state index in [0.29, 0.717) is 18.7 Å². The van der Waals surface area contributed by atoms with Crippen molar-refractivity contribution in [3.63, 3.8) is 0 Å². The van der Waals surface area contributed by atoms with E-state index < -0.39 is 22.0 Å². The zero-order chi connectivity index (χ0) is 20.0. The zero-order valence-electron chi connectivity index (χ0n) is 15.7. The average Bonchev–Trinajstić information content (AvgIpc) is 2.66. The molecule has 1 aromatic carbocycles. The van der Waals surface area contributed by atoms with E-state index in [9.17, 15) is 18.0 Å². The van der Waals surface area contributed by atoms with Crippen LogP contribution < -0.4 is 5.32 Å². The van der Waals surface area contributed by atoms with Crippen LogP contribution >= 0.6 is 0 Å². The molecule has 1 heterocycles. The first-order valence-corrected chi connectivity index (χ1v) is 10.5. The molecule has 1 aliphatic rings. The molecule has 1 unspecified atom stereocenters. The summed E-state index contributed by atoms with van der Waals surface area (Å²) in [5.74, 6) is -1.38. The largest absolute Gasteiger partial charge is 0.480 e. The van der Waals surface area contributed by atoms with Crippen molar-refractivity contribution in [1.82, 2.24) is 14.5 Å². The quantitative estimate of drug-likeness (QED) is 0.674. The predicted octanol–water partition coefficient (Wildman–Crippen LogP) is 0.882. The topological polar surface area (TPSA) is 107 Å². The fraction of sp³-hybridized carbons (Fsp3) is 0.556. The lowest BCUT2D eigenvalue weighted by molar-refractivity contribution is -0.142. The standard InChI is InChI=1S/C18H27N3O5S/c1-14(18(23)24)20(2)13-17(22)19-12-15-8-4-5-9-16(15)27(25,26)21-10-6-3-7-11-21/h4-5,8-9,14H,3,6-7,10-13H2,1-2H3,(H,19,22)(H,23,24). The molecule has 150 valence electrons. The number of hydrogen-bond donors (Lipinski definition) is 2. The third-order valence-corrected chi connectivity index (χ3v) is 6.79. The highest BCUT2D eigenvalue weighted by molar-refractivity contribution is 7.89. The van der Waals surface area contributed by atoms with Gasteiger partial charge in [-0.05, 0) is 38.4 Å². The van der Waals surface area contributed by atoms with Crippen LogP contribution in [-0.2, 0) is 26.2 Å². The normalized spacial score (nSPS) is 16.9. The number of piperidine rings is 1. The van der Waals surface area contributed by atoms with E-state index in [0.717, 1.165) is 19.3 Å². The van der Waals surface area contributed by atoms with Crippen molar-refractivity contribution in [1.29, 1.82) is 0 Å². The van der Waals surface area contributed by atoms with Gasteiger partial charge >= 0.3 is 5.97 Å². The number of nitrogens with one attached hydrogen (secondary N) is 1. The lowest BCUT2D eigenvalue weighted by atomic mass is 10.2. The van der Waals surface area contributed by atoms with Crippen LogP contribution in [0.15, 0.2) is 29.2 Å². The van der Waals surface area contributed by atoms with Crippen molar-refractivity contribution in [3.8, 4) is 0 Å². The second-order valence-corrected chi connectivity index (χ2v) is 8.68. The van der Waals surface area contributed by atoms with Crippen LogP contribution in [0.3, 0.4) is 0 Å². The molecule has 2 N–H and O–H groups in total. The third-order valence-electron chi connectivity index (χ3n) is 4.79. The Balaban J connectivity index is 2.05. The van der Waals surface area contributed by atoms with Gasteiger partial charge in [0, 0.05) is 19.6 Å². The fourth-order valence-corrected chi connectivity index (χ4v) is 4.69. The Morgan fingerprint density at radius 1 is 1.22 bits per heavy atom. The molecule has 1 fully saturated rings. The number of amides is 1. The van der Waals surface area contributed by atoms with Gasteiger partial charge in [0.25, 0.3) is 0 Å². The molecular formula is C18H27N3O5S. The van der Waals surface area contributed by atoms with Gasteiger partial charge in [0.15, 0.2) is 0 Å². The molecule has 1 aromatic rings. The Labute approximate surface area is 160 Å². The number of aliphatic carboxylic acids is 1. The number of benzene rings is 1. The first-order chi connectivity index (χ1) is 12.7. The summed E-state index contributed by atoms with van der Waals surface area (Å²) in [5, 5.41) is 11.7. The Morgan fingerprint density at radius 2 is 1.85 bits per heavy atom. The summed E-state index contributed by atoms with van der Waals surface area (Å²) in [6.45, 7) is 2.50. The van der Waals surface area contributed by atoms with Crippen LogP contribution in [-0.4, -0.2) is 67.3 Å². The maximum absolute atomic E-state index is 12.9. The van der Waals surface area contributed by atoms with Crippen molar-refractivity contribution in [2.75, 3.05) is 26.7 Å². The molecule has 0 aromatic heterocycles. The molecule has 0 radical (unpaired) electrons. The summed E-state index contributed by atoms with van der Waals surface area (Å²) in [4.78, 5) is 24.7. The van der Waals surface area contributed by atoms with E-state index in [4.69, 9.17) is 5.11 Å². The highest BCUT2D eigenvalue weighted by Gasteiger charge is 2.28. The maximum Gasteiger partial charge on any atom is 0.320 e. The van der Waals surface area contributed by atoms with Crippen molar-refractivity contribution < 1.29 is 23.1 Å². The number of carbonyl (C=O) groups excluding carboxylic acids is 1. The van der Waals surface area contributed by atoms with E-state index in [1.54, 1.807) is 31.3 Å². The first-order valence-electron chi connectivity index (χ1n) is 9.01. The number of rotatable bonds is 8. The number of hydrogen-bond acceptors (Lipinski definition) is 5. The molecule has 8 nitrogen and oxygen atoms in total. The second kappa shape index (κ2) is 9.29. The van der Waals surface area contributed by atoms with Gasteiger partial charge in [0.2, 0.25) is 15.9 Å². The van der Waals surface area contributed by atoms with Gasteiger partial charge in [-0.15, -0.1) is 0 Å². The van der Waals surface area contributed by atoms with Gasteiger partial charge in [0.1, 0.15) is 6.04 Å². The van der Waals surface area contributed by atoms with Crippen molar-refractivity contribution in [3.05, 3.63) is 29.8 Å². The average molecular weight is 397 g/mol. The molecule has 1 amide bonds. The Hall–Kier alpha value is -1.97. The van der Waals surface area contributed by atoms with E-state index in [1.807, 2.05) is 0 Å². The number of carboxylic acids is 1. The van der Waals surface area contributed by atoms with Gasteiger partial charge in [-0.1, -0.05) is 24.6 Å². The van der Waals surface area contributed by atoms with Gasteiger partial charge in [-0.3, -0.25) is 14.5 Å². The molecule has 0 aliphatic carbocycles. The second-order valence-electron chi connectivity index (χ2n) is 6.78. The van der Waals surface area contributed by atoms with E-state index >= 15 is 0 Å². The Bertz CT molecular complexity index is 775. The van der Waals surface area contributed by atoms with Crippen molar-refractivity contribution >= 4 is 21.9 Å². The highest BCUT2D eigenvalue weighted by atomic mass is 32.2. The molecule has 0 saturated carbocycles. The predicted molar refractivity (Wildman–Crippen MR) is 101 cm³/mol. The zero-order valence-corrected chi connectivity index (χ0v) is 16.5. The molecule has 9 heteroatoms. The molecule has 27 heavy (non-hydrogen) atoms. The van der Waals surface area contributed by atoms with Gasteiger partial charge in [-0.2, -0.15) is 4.31 Å². The lowest BCUT2D eigenvalue weighted by Gasteiger charge is -2.27.